The molecule has 0 aliphatic carbocycles. The second-order valence-corrected chi connectivity index (χ2v) is 7.21. The van der Waals surface area contributed by atoms with Crippen molar-refractivity contribution in [2.75, 3.05) is 6.61 Å². The number of pyridine rings is 2. The molecule has 2 N–H and O–H groups in total. The van der Waals surface area contributed by atoms with Gasteiger partial charge in [-0.25, -0.2) is 0 Å². The molecule has 1 atom stereocenters. The van der Waals surface area contributed by atoms with Crippen molar-refractivity contribution in [1.82, 2.24) is 9.55 Å². The number of aromatic nitrogens is 2. The molecule has 0 bridgehead atoms. The largest absolute Gasteiger partial charge is 0.494 e. The van der Waals surface area contributed by atoms with E-state index >= 15 is 0 Å². The van der Waals surface area contributed by atoms with Gasteiger partial charge in [-0.15, -0.1) is 0 Å². The third kappa shape index (κ3) is 3.64. The summed E-state index contributed by atoms with van der Waals surface area (Å²) in [4.78, 5) is 17.8. The third-order valence-electron chi connectivity index (χ3n) is 5.28. The predicted molar refractivity (Wildman–Crippen MR) is 116 cm³/mol. The fourth-order valence-corrected chi connectivity index (χ4v) is 3.87. The molecule has 3 aromatic rings. The Kier molecular flexibility index (Phi) is 5.46. The van der Waals surface area contributed by atoms with E-state index in [4.69, 9.17) is 15.2 Å². The second kappa shape index (κ2) is 8.36. The molecule has 1 unspecified atom stereocenters. The highest BCUT2D eigenvalue weighted by molar-refractivity contribution is 5.58. The zero-order valence-electron chi connectivity index (χ0n) is 17.3. The van der Waals surface area contributed by atoms with E-state index in [-0.39, 0.29) is 17.0 Å². The molecule has 3 heterocycles. The number of aryl methyl sites for hydroxylation is 1. The van der Waals surface area contributed by atoms with Gasteiger partial charge in [-0.2, -0.15) is 5.26 Å². The fraction of sp³-hybridized carbons (Fsp3) is 0.208. The maximum absolute atomic E-state index is 13.7. The number of allylic oxidation sites excluding steroid dienone is 1. The van der Waals surface area contributed by atoms with Gasteiger partial charge in [-0.3, -0.25) is 9.78 Å². The van der Waals surface area contributed by atoms with Crippen LogP contribution in [0.2, 0.25) is 0 Å². The van der Waals surface area contributed by atoms with Crippen LogP contribution in [0.5, 0.6) is 11.5 Å². The molecule has 7 heteroatoms. The average molecular weight is 414 g/mol. The van der Waals surface area contributed by atoms with Gasteiger partial charge in [0.25, 0.3) is 5.56 Å². The van der Waals surface area contributed by atoms with E-state index in [2.05, 4.69) is 11.1 Å². The van der Waals surface area contributed by atoms with Crippen LogP contribution < -0.4 is 20.8 Å². The van der Waals surface area contributed by atoms with Crippen LogP contribution in [0.15, 0.2) is 71.1 Å². The lowest BCUT2D eigenvalue weighted by atomic mass is 9.83. The smallest absolute Gasteiger partial charge is 0.259 e. The van der Waals surface area contributed by atoms with E-state index in [1.807, 2.05) is 50.2 Å². The van der Waals surface area contributed by atoms with Crippen LogP contribution >= 0.6 is 0 Å². The van der Waals surface area contributed by atoms with Gasteiger partial charge in [0, 0.05) is 29.7 Å². The first-order valence-corrected chi connectivity index (χ1v) is 9.97. The van der Waals surface area contributed by atoms with Crippen LogP contribution in [0.25, 0.3) is 0 Å². The molecule has 4 rings (SSSR count). The summed E-state index contributed by atoms with van der Waals surface area (Å²) in [5.41, 5.74) is 8.72. The zero-order valence-corrected chi connectivity index (χ0v) is 17.3. The molecule has 0 saturated carbocycles. The summed E-state index contributed by atoms with van der Waals surface area (Å²) in [5.74, 6) is 0.264. The number of rotatable bonds is 5. The predicted octanol–water partition coefficient (Wildman–Crippen LogP) is 3.22. The molecular weight excluding hydrogens is 392 g/mol. The standard InChI is InChI=1S/C24H22N4O3/c1-3-30-19-9-5-4-8-17(19)21-18(12-25)23(26)31-20-11-15(2)28(24(29)22(20)21)14-16-7-6-10-27-13-16/h4-11,13,21H,3,14,26H2,1-2H3. The number of para-hydroxylation sites is 1. The Hall–Kier alpha value is -4.05. The highest BCUT2D eigenvalue weighted by atomic mass is 16.5. The molecule has 156 valence electrons. The van der Waals surface area contributed by atoms with Crippen molar-refractivity contribution in [2.24, 2.45) is 5.73 Å². The molecule has 0 saturated heterocycles. The summed E-state index contributed by atoms with van der Waals surface area (Å²) >= 11 is 0. The van der Waals surface area contributed by atoms with Crippen LogP contribution in [0.3, 0.4) is 0 Å². The minimum atomic E-state index is -0.690. The summed E-state index contributed by atoms with van der Waals surface area (Å²) in [6.45, 7) is 4.53. The Morgan fingerprint density at radius 1 is 1.29 bits per heavy atom. The van der Waals surface area contributed by atoms with E-state index in [0.717, 1.165) is 11.3 Å². The molecule has 7 nitrogen and oxygen atoms in total. The van der Waals surface area contributed by atoms with Gasteiger partial charge in [-0.1, -0.05) is 24.3 Å². The summed E-state index contributed by atoms with van der Waals surface area (Å²) in [6, 6.07) is 15.0. The number of fused-ring (bicyclic) bond motifs is 1. The quantitative estimate of drug-likeness (QED) is 0.688. The average Bonchev–Trinajstić information content (AvgIpc) is 2.77. The Morgan fingerprint density at radius 2 is 2.10 bits per heavy atom. The molecule has 1 aliphatic rings. The van der Waals surface area contributed by atoms with Gasteiger partial charge in [0.1, 0.15) is 23.1 Å². The van der Waals surface area contributed by atoms with Crippen LogP contribution in [-0.2, 0) is 6.54 Å². The van der Waals surface area contributed by atoms with E-state index in [0.29, 0.717) is 35.8 Å². The van der Waals surface area contributed by atoms with Crippen molar-refractivity contribution >= 4 is 0 Å². The zero-order chi connectivity index (χ0) is 22.0. The Morgan fingerprint density at radius 3 is 2.81 bits per heavy atom. The van der Waals surface area contributed by atoms with Crippen molar-refractivity contribution in [3.8, 4) is 17.6 Å². The Bertz CT molecular complexity index is 1260. The monoisotopic (exact) mass is 414 g/mol. The van der Waals surface area contributed by atoms with Crippen LogP contribution in [-0.4, -0.2) is 16.2 Å². The van der Waals surface area contributed by atoms with Crippen molar-refractivity contribution in [3.63, 3.8) is 0 Å². The van der Waals surface area contributed by atoms with Crippen LogP contribution in [0.4, 0.5) is 0 Å². The molecular formula is C24H22N4O3. The van der Waals surface area contributed by atoms with Crippen molar-refractivity contribution in [2.45, 2.75) is 26.3 Å². The first-order valence-electron chi connectivity index (χ1n) is 9.97. The highest BCUT2D eigenvalue weighted by Gasteiger charge is 2.35. The molecule has 1 aliphatic heterocycles. The van der Waals surface area contributed by atoms with Gasteiger partial charge in [0.05, 0.1) is 24.6 Å². The van der Waals surface area contributed by atoms with Gasteiger partial charge in [0.2, 0.25) is 5.88 Å². The number of ether oxygens (including phenoxy) is 2. The number of nitrogens with two attached hydrogens (primary N) is 1. The summed E-state index contributed by atoms with van der Waals surface area (Å²) < 4.78 is 13.2. The highest BCUT2D eigenvalue weighted by Crippen LogP contribution is 2.43. The number of hydrogen-bond donors (Lipinski definition) is 1. The van der Waals surface area contributed by atoms with Crippen molar-refractivity contribution in [3.05, 3.63) is 99.1 Å². The van der Waals surface area contributed by atoms with E-state index in [1.54, 1.807) is 23.0 Å². The summed E-state index contributed by atoms with van der Waals surface area (Å²) in [5, 5.41) is 9.86. The molecule has 31 heavy (non-hydrogen) atoms. The third-order valence-corrected chi connectivity index (χ3v) is 5.28. The lowest BCUT2D eigenvalue weighted by molar-refractivity contribution is 0.334. The molecule has 2 aromatic heterocycles. The maximum Gasteiger partial charge on any atom is 0.259 e. The second-order valence-electron chi connectivity index (χ2n) is 7.21. The molecule has 0 fully saturated rings. The topological polar surface area (TPSA) is 103 Å². The number of nitriles is 1. The SMILES string of the molecule is CCOc1ccccc1C1C(C#N)=C(N)Oc2cc(C)n(Cc3cccnc3)c(=O)c21. The molecule has 0 amide bonds. The Balaban J connectivity index is 1.95. The Labute approximate surface area is 180 Å². The van der Waals surface area contributed by atoms with Gasteiger partial charge in [-0.05, 0) is 31.5 Å². The van der Waals surface area contributed by atoms with E-state index in [1.165, 1.54) is 0 Å². The number of benzene rings is 1. The summed E-state index contributed by atoms with van der Waals surface area (Å²) in [6.07, 6.45) is 3.41. The lowest BCUT2D eigenvalue weighted by Crippen LogP contribution is -2.33. The van der Waals surface area contributed by atoms with Gasteiger partial charge in [0.15, 0.2) is 0 Å². The van der Waals surface area contributed by atoms with E-state index < -0.39 is 5.92 Å². The van der Waals surface area contributed by atoms with Gasteiger partial charge < -0.3 is 19.8 Å². The first kappa shape index (κ1) is 20.2. The number of hydrogen-bond acceptors (Lipinski definition) is 6. The maximum atomic E-state index is 13.7. The molecule has 0 spiro atoms. The summed E-state index contributed by atoms with van der Waals surface area (Å²) in [7, 11) is 0. The van der Waals surface area contributed by atoms with E-state index in [9.17, 15) is 10.1 Å². The normalized spacial score (nSPS) is 15.1. The fourth-order valence-electron chi connectivity index (χ4n) is 3.87. The van der Waals surface area contributed by atoms with Crippen molar-refractivity contribution < 1.29 is 9.47 Å². The van der Waals surface area contributed by atoms with Crippen LogP contribution in [0, 0.1) is 18.3 Å². The van der Waals surface area contributed by atoms with Gasteiger partial charge >= 0.3 is 0 Å². The van der Waals surface area contributed by atoms with Crippen LogP contribution in [0.1, 0.15) is 35.2 Å². The molecule has 0 radical (unpaired) electrons. The van der Waals surface area contributed by atoms with Crippen molar-refractivity contribution in [1.29, 1.82) is 5.26 Å². The lowest BCUT2D eigenvalue weighted by Gasteiger charge is -2.28. The first-order chi connectivity index (χ1) is 15.0. The number of nitrogens with zero attached hydrogens (tertiary/aromatic N) is 3. The minimum absolute atomic E-state index is 0.00453. The molecule has 1 aromatic carbocycles. The minimum Gasteiger partial charge on any atom is -0.494 e.